The second kappa shape index (κ2) is 5.76. The van der Waals surface area contributed by atoms with Crippen LogP contribution >= 0.6 is 0 Å². The number of anilines is 1. The van der Waals surface area contributed by atoms with Crippen LogP contribution in [-0.4, -0.2) is 15.3 Å². The smallest absolute Gasteiger partial charge is 0.138 e. The highest BCUT2D eigenvalue weighted by Crippen LogP contribution is 2.51. The monoisotopic (exact) mass is 333 g/mol. The molecule has 0 bridgehead atoms. The van der Waals surface area contributed by atoms with Crippen LogP contribution in [0.2, 0.25) is 0 Å². The number of allylic oxidation sites excluding steroid dienone is 1. The predicted octanol–water partition coefficient (Wildman–Crippen LogP) is 5.64. The van der Waals surface area contributed by atoms with Gasteiger partial charge < -0.3 is 5.32 Å². The Morgan fingerprint density at radius 3 is 2.52 bits per heavy atom. The van der Waals surface area contributed by atoms with Crippen LogP contribution in [0.5, 0.6) is 0 Å². The van der Waals surface area contributed by atoms with Crippen LogP contribution in [0.3, 0.4) is 0 Å². The van der Waals surface area contributed by atoms with Gasteiger partial charge in [-0.05, 0) is 68.7 Å². The molecular formula is C22H27N3. The fourth-order valence-electron chi connectivity index (χ4n) is 5.35. The van der Waals surface area contributed by atoms with E-state index in [1.54, 1.807) is 11.1 Å². The van der Waals surface area contributed by atoms with Gasteiger partial charge in [-0.2, -0.15) is 5.10 Å². The Balaban J connectivity index is 1.72. The lowest BCUT2D eigenvalue weighted by Gasteiger charge is -2.46. The van der Waals surface area contributed by atoms with Crippen LogP contribution in [0.1, 0.15) is 69.0 Å². The highest BCUT2D eigenvalue weighted by atomic mass is 15.3. The van der Waals surface area contributed by atoms with E-state index < -0.39 is 0 Å². The van der Waals surface area contributed by atoms with Crippen molar-refractivity contribution in [1.82, 2.24) is 9.78 Å². The van der Waals surface area contributed by atoms with Gasteiger partial charge in [0.15, 0.2) is 0 Å². The first kappa shape index (κ1) is 15.2. The summed E-state index contributed by atoms with van der Waals surface area (Å²) < 4.78 is 2.15. The summed E-state index contributed by atoms with van der Waals surface area (Å²) in [5.74, 6) is 1.24. The minimum absolute atomic E-state index is 0.194. The molecule has 25 heavy (non-hydrogen) atoms. The molecular weight excluding hydrogens is 306 g/mol. The molecule has 130 valence electrons. The third-order valence-corrected chi connectivity index (χ3v) is 6.47. The van der Waals surface area contributed by atoms with Gasteiger partial charge in [-0.15, -0.1) is 0 Å². The summed E-state index contributed by atoms with van der Waals surface area (Å²) in [4.78, 5) is 0. The van der Waals surface area contributed by atoms with Crippen LogP contribution in [-0.2, 0) is 0 Å². The molecule has 0 amide bonds. The summed E-state index contributed by atoms with van der Waals surface area (Å²) in [5, 5.41) is 8.99. The number of benzene rings is 1. The van der Waals surface area contributed by atoms with Crippen molar-refractivity contribution in [3.63, 3.8) is 0 Å². The number of nitrogens with one attached hydrogen (secondary N) is 1. The molecule has 1 saturated carbocycles. The summed E-state index contributed by atoms with van der Waals surface area (Å²) in [6.07, 6.45) is 11.8. The van der Waals surface area contributed by atoms with Crippen molar-refractivity contribution in [2.75, 3.05) is 5.32 Å². The Morgan fingerprint density at radius 1 is 0.960 bits per heavy atom. The highest BCUT2D eigenvalue weighted by molar-refractivity contribution is 5.85. The molecule has 1 fully saturated rings. The Morgan fingerprint density at radius 2 is 1.72 bits per heavy atom. The molecule has 2 heterocycles. The van der Waals surface area contributed by atoms with Crippen molar-refractivity contribution in [1.29, 1.82) is 0 Å². The molecule has 1 N–H and O–H groups in total. The average Bonchev–Trinajstić information content (AvgIpc) is 3.00. The van der Waals surface area contributed by atoms with Crippen LogP contribution in [0.15, 0.2) is 35.9 Å². The molecule has 5 rings (SSSR count). The van der Waals surface area contributed by atoms with Crippen molar-refractivity contribution in [2.45, 2.75) is 70.3 Å². The first-order chi connectivity index (χ1) is 12.3. The van der Waals surface area contributed by atoms with Crippen molar-refractivity contribution in [2.24, 2.45) is 0 Å². The minimum atomic E-state index is 0.194. The van der Waals surface area contributed by atoms with Gasteiger partial charge in [0.1, 0.15) is 5.82 Å². The number of aryl methyl sites for hydroxylation is 1. The molecule has 3 nitrogen and oxygen atoms in total. The summed E-state index contributed by atoms with van der Waals surface area (Å²) in [6.45, 7) is 2.18. The molecule has 0 unspecified atom stereocenters. The molecule has 0 saturated heterocycles. The van der Waals surface area contributed by atoms with E-state index in [1.807, 2.05) is 0 Å². The van der Waals surface area contributed by atoms with E-state index in [2.05, 4.69) is 47.3 Å². The molecule has 3 heteroatoms. The van der Waals surface area contributed by atoms with Crippen molar-refractivity contribution in [3.05, 3.63) is 47.2 Å². The van der Waals surface area contributed by atoms with E-state index in [1.165, 1.54) is 74.9 Å². The Hall–Kier alpha value is -2.03. The van der Waals surface area contributed by atoms with Gasteiger partial charge in [-0.1, -0.05) is 37.5 Å². The lowest BCUT2D eigenvalue weighted by Crippen LogP contribution is -2.46. The van der Waals surface area contributed by atoms with Crippen molar-refractivity contribution < 1.29 is 0 Å². The van der Waals surface area contributed by atoms with E-state index in [-0.39, 0.29) is 5.54 Å². The third-order valence-electron chi connectivity index (χ3n) is 6.47. The Labute approximate surface area is 150 Å². The summed E-state index contributed by atoms with van der Waals surface area (Å²) >= 11 is 0. The van der Waals surface area contributed by atoms with Crippen LogP contribution in [0.25, 0.3) is 11.3 Å². The molecule has 2 aliphatic carbocycles. The maximum atomic E-state index is 4.95. The van der Waals surface area contributed by atoms with Gasteiger partial charge in [0.05, 0.1) is 16.9 Å². The van der Waals surface area contributed by atoms with E-state index in [9.17, 15) is 0 Å². The lowest BCUT2D eigenvalue weighted by atomic mass is 9.68. The summed E-state index contributed by atoms with van der Waals surface area (Å²) in [5.41, 5.74) is 7.27. The fourth-order valence-corrected chi connectivity index (χ4v) is 5.35. The van der Waals surface area contributed by atoms with Crippen molar-refractivity contribution in [3.8, 4) is 5.69 Å². The largest absolute Gasteiger partial charge is 0.360 e. The SMILES string of the molecule is Cc1nn(-c2ccccc2)c2c1C1=C(CCCC1)C1(CCCCC1)N2. The standard InChI is InChI=1S/C22H27N3/c1-16-20-18-12-6-7-13-19(18)22(14-8-3-9-15-22)23-21(20)25(24-16)17-10-4-2-5-11-17/h2,4-5,10-11,23H,3,6-9,12-15H2,1H3. The molecule has 0 atom stereocenters. The van der Waals surface area contributed by atoms with E-state index in [0.717, 1.165) is 5.69 Å². The van der Waals surface area contributed by atoms with Crippen LogP contribution in [0.4, 0.5) is 5.82 Å². The number of rotatable bonds is 1. The molecule has 1 aromatic heterocycles. The molecule has 1 aliphatic heterocycles. The third kappa shape index (κ3) is 2.28. The second-order valence-electron chi connectivity index (χ2n) is 7.99. The zero-order valence-corrected chi connectivity index (χ0v) is 15.1. The van der Waals surface area contributed by atoms with Gasteiger partial charge in [0.25, 0.3) is 0 Å². The number of nitrogens with zero attached hydrogens (tertiary/aromatic N) is 2. The summed E-state index contributed by atoms with van der Waals surface area (Å²) in [7, 11) is 0. The molecule has 0 radical (unpaired) electrons. The van der Waals surface area contributed by atoms with Gasteiger partial charge in [-0.25, -0.2) is 4.68 Å². The number of hydrogen-bond donors (Lipinski definition) is 1. The summed E-state index contributed by atoms with van der Waals surface area (Å²) in [6, 6.07) is 10.6. The fraction of sp³-hybridized carbons (Fsp3) is 0.500. The topological polar surface area (TPSA) is 29.9 Å². The van der Waals surface area contributed by atoms with Crippen LogP contribution < -0.4 is 5.32 Å². The quantitative estimate of drug-likeness (QED) is 0.732. The van der Waals surface area contributed by atoms with Gasteiger partial charge in [0.2, 0.25) is 0 Å². The minimum Gasteiger partial charge on any atom is -0.360 e. The number of fused-ring (bicyclic) bond motifs is 3. The Kier molecular flexibility index (Phi) is 3.51. The molecule has 1 aromatic carbocycles. The van der Waals surface area contributed by atoms with Gasteiger partial charge >= 0.3 is 0 Å². The Bertz CT molecular complexity index is 822. The number of para-hydroxylation sites is 1. The highest BCUT2D eigenvalue weighted by Gasteiger charge is 2.43. The first-order valence-corrected chi connectivity index (χ1v) is 9.95. The van der Waals surface area contributed by atoms with Gasteiger partial charge in [-0.3, -0.25) is 0 Å². The molecule has 2 aromatic rings. The number of hydrogen-bond acceptors (Lipinski definition) is 2. The van der Waals surface area contributed by atoms with E-state index in [4.69, 9.17) is 5.10 Å². The molecule has 3 aliphatic rings. The first-order valence-electron chi connectivity index (χ1n) is 9.95. The second-order valence-corrected chi connectivity index (χ2v) is 7.99. The average molecular weight is 333 g/mol. The van der Waals surface area contributed by atoms with Gasteiger partial charge in [0, 0.05) is 5.56 Å². The zero-order chi connectivity index (χ0) is 16.9. The predicted molar refractivity (Wildman–Crippen MR) is 103 cm³/mol. The molecule has 1 spiro atoms. The number of aromatic nitrogens is 2. The zero-order valence-electron chi connectivity index (χ0n) is 15.1. The lowest BCUT2D eigenvalue weighted by molar-refractivity contribution is 0.352. The van der Waals surface area contributed by atoms with Crippen molar-refractivity contribution >= 4 is 11.4 Å². The van der Waals surface area contributed by atoms with E-state index >= 15 is 0 Å². The maximum Gasteiger partial charge on any atom is 0.138 e. The van der Waals surface area contributed by atoms with E-state index in [0.29, 0.717) is 0 Å². The normalized spacial score (nSPS) is 21.6. The maximum absolute atomic E-state index is 4.95. The van der Waals surface area contributed by atoms with Crippen LogP contribution in [0, 0.1) is 6.92 Å².